The summed E-state index contributed by atoms with van der Waals surface area (Å²) < 4.78 is 34.0. The minimum atomic E-state index is -3.71. The van der Waals surface area contributed by atoms with Crippen LogP contribution in [0.1, 0.15) is 59.9 Å². The minimum Gasteiger partial charge on any atom is -0.456 e. The van der Waals surface area contributed by atoms with Crippen LogP contribution >= 0.6 is 0 Å². The van der Waals surface area contributed by atoms with Gasteiger partial charge < -0.3 is 10.1 Å². The van der Waals surface area contributed by atoms with Crippen molar-refractivity contribution < 1.29 is 17.9 Å². The molecule has 0 aliphatic carbocycles. The number of carbonyl (C=O) groups is 1. The van der Waals surface area contributed by atoms with Gasteiger partial charge in [0, 0.05) is 7.05 Å². The van der Waals surface area contributed by atoms with Gasteiger partial charge in [0.25, 0.3) is 0 Å². The highest BCUT2D eigenvalue weighted by Crippen LogP contribution is 2.35. The number of benzene rings is 3. The lowest BCUT2D eigenvalue weighted by atomic mass is 9.93. The molecule has 0 amide bonds. The van der Waals surface area contributed by atoms with Crippen molar-refractivity contribution in [3.63, 3.8) is 0 Å². The maximum atomic E-state index is 13.6. The van der Waals surface area contributed by atoms with Crippen LogP contribution in [0.5, 0.6) is 0 Å². The second-order valence-electron chi connectivity index (χ2n) is 9.50. The molecule has 0 aliphatic heterocycles. The minimum absolute atomic E-state index is 0.188. The SMILES string of the molecule is CNC(c1ccccc1)C(c1ccccc1)N(C)S(=O)(=O)Cc1ccc(C(=O)OC(C)(C)C)cc1. The van der Waals surface area contributed by atoms with Gasteiger partial charge in [-0.1, -0.05) is 72.8 Å². The number of nitrogens with zero attached hydrogens (tertiary/aromatic N) is 1. The van der Waals surface area contributed by atoms with Crippen LogP contribution in [-0.2, 0) is 20.5 Å². The van der Waals surface area contributed by atoms with Crippen LogP contribution in [0.4, 0.5) is 0 Å². The van der Waals surface area contributed by atoms with Crippen LogP contribution in [0.15, 0.2) is 84.9 Å². The predicted molar refractivity (Wildman–Crippen MR) is 139 cm³/mol. The monoisotopic (exact) mass is 494 g/mol. The van der Waals surface area contributed by atoms with Crippen molar-refractivity contribution in [3.8, 4) is 0 Å². The van der Waals surface area contributed by atoms with Gasteiger partial charge in [0.05, 0.1) is 23.4 Å². The Hall–Kier alpha value is -3.00. The van der Waals surface area contributed by atoms with Crippen molar-refractivity contribution in [2.45, 2.75) is 44.2 Å². The van der Waals surface area contributed by atoms with E-state index in [2.05, 4.69) is 5.32 Å². The molecular weight excluding hydrogens is 460 g/mol. The second-order valence-corrected chi connectivity index (χ2v) is 11.5. The molecule has 0 spiro atoms. The van der Waals surface area contributed by atoms with Crippen LogP contribution < -0.4 is 5.32 Å². The van der Waals surface area contributed by atoms with Gasteiger partial charge in [-0.3, -0.25) is 0 Å². The van der Waals surface area contributed by atoms with Crippen LogP contribution in [0, 0.1) is 0 Å². The third kappa shape index (κ3) is 7.01. The van der Waals surface area contributed by atoms with Crippen LogP contribution in [0.2, 0.25) is 0 Å². The highest BCUT2D eigenvalue weighted by atomic mass is 32.2. The number of hydrogen-bond donors (Lipinski definition) is 1. The van der Waals surface area contributed by atoms with Gasteiger partial charge in [-0.2, -0.15) is 4.31 Å². The lowest BCUT2D eigenvalue weighted by Gasteiger charge is -2.34. The summed E-state index contributed by atoms with van der Waals surface area (Å²) in [5.74, 6) is -0.625. The Kier molecular flexibility index (Phi) is 8.48. The van der Waals surface area contributed by atoms with Gasteiger partial charge in [0.2, 0.25) is 10.0 Å². The lowest BCUT2D eigenvalue weighted by molar-refractivity contribution is 0.00695. The standard InChI is InChI=1S/C28H34N2O4S/c1-28(2,3)34-27(31)24-18-16-21(17-19-24)20-35(32,33)30(5)26(23-14-10-7-11-15-23)25(29-4)22-12-8-6-9-13-22/h6-19,25-26,29H,20H2,1-5H3. The average molecular weight is 495 g/mol. The number of carbonyl (C=O) groups excluding carboxylic acids is 1. The topological polar surface area (TPSA) is 75.7 Å². The number of hydrogen-bond acceptors (Lipinski definition) is 5. The first-order valence-electron chi connectivity index (χ1n) is 11.6. The molecule has 35 heavy (non-hydrogen) atoms. The van der Waals surface area contributed by atoms with Crippen molar-refractivity contribution in [2.24, 2.45) is 0 Å². The van der Waals surface area contributed by atoms with E-state index in [1.807, 2.05) is 67.7 Å². The number of ether oxygens (including phenoxy) is 1. The number of likely N-dealkylation sites (N-methyl/N-ethyl adjacent to an activating group) is 2. The zero-order valence-electron chi connectivity index (χ0n) is 20.9. The molecule has 0 saturated carbocycles. The summed E-state index contributed by atoms with van der Waals surface area (Å²) in [6.07, 6.45) is 0. The smallest absolute Gasteiger partial charge is 0.338 e. The van der Waals surface area contributed by atoms with E-state index in [1.54, 1.807) is 52.1 Å². The molecule has 0 aliphatic rings. The molecule has 0 heterocycles. The molecule has 0 radical (unpaired) electrons. The molecule has 1 N–H and O–H groups in total. The Bertz CT molecular complexity index is 1210. The van der Waals surface area contributed by atoms with E-state index in [0.29, 0.717) is 11.1 Å². The number of sulfonamides is 1. The second kappa shape index (κ2) is 11.2. The largest absolute Gasteiger partial charge is 0.456 e. The van der Waals surface area contributed by atoms with E-state index >= 15 is 0 Å². The summed E-state index contributed by atoms with van der Waals surface area (Å²) in [4.78, 5) is 12.3. The molecule has 3 rings (SSSR count). The Morgan fingerprint density at radius 3 is 1.89 bits per heavy atom. The summed E-state index contributed by atoms with van der Waals surface area (Å²) >= 11 is 0. The predicted octanol–water partition coefficient (Wildman–Crippen LogP) is 5.11. The number of nitrogens with one attached hydrogen (secondary N) is 1. The van der Waals surface area contributed by atoms with E-state index in [4.69, 9.17) is 4.74 Å². The van der Waals surface area contributed by atoms with Gasteiger partial charge in [0.15, 0.2) is 0 Å². The van der Waals surface area contributed by atoms with E-state index in [1.165, 1.54) is 4.31 Å². The fourth-order valence-electron chi connectivity index (χ4n) is 3.99. The zero-order valence-corrected chi connectivity index (χ0v) is 21.7. The van der Waals surface area contributed by atoms with Gasteiger partial charge in [-0.15, -0.1) is 0 Å². The van der Waals surface area contributed by atoms with E-state index < -0.39 is 27.6 Å². The Morgan fingerprint density at radius 1 is 0.886 bits per heavy atom. The maximum Gasteiger partial charge on any atom is 0.338 e. The van der Waals surface area contributed by atoms with Gasteiger partial charge in [-0.25, -0.2) is 13.2 Å². The molecule has 0 aromatic heterocycles. The van der Waals surface area contributed by atoms with E-state index in [0.717, 1.165) is 11.1 Å². The summed E-state index contributed by atoms with van der Waals surface area (Å²) in [5.41, 5.74) is 2.26. The summed E-state index contributed by atoms with van der Waals surface area (Å²) in [7, 11) is -0.251. The van der Waals surface area contributed by atoms with E-state index in [-0.39, 0.29) is 11.8 Å². The molecule has 186 valence electrons. The lowest BCUT2D eigenvalue weighted by Crippen LogP contribution is -2.39. The first-order chi connectivity index (χ1) is 16.5. The Labute approximate surface area is 209 Å². The molecule has 3 aromatic rings. The quantitative estimate of drug-likeness (QED) is 0.419. The summed E-state index contributed by atoms with van der Waals surface area (Å²) in [6, 6.07) is 25.3. The molecule has 0 bridgehead atoms. The van der Waals surface area contributed by atoms with Gasteiger partial charge in [0.1, 0.15) is 5.60 Å². The van der Waals surface area contributed by atoms with Gasteiger partial charge in [-0.05, 0) is 56.6 Å². The Balaban J connectivity index is 1.88. The average Bonchev–Trinajstić information content (AvgIpc) is 2.82. The van der Waals surface area contributed by atoms with Crippen LogP contribution in [0.3, 0.4) is 0 Å². The van der Waals surface area contributed by atoms with E-state index in [9.17, 15) is 13.2 Å². The van der Waals surface area contributed by atoms with Crippen molar-refractivity contribution in [1.29, 1.82) is 0 Å². The first kappa shape index (κ1) is 26.6. The first-order valence-corrected chi connectivity index (χ1v) is 13.2. The molecule has 2 unspecified atom stereocenters. The van der Waals surface area contributed by atoms with Gasteiger partial charge >= 0.3 is 5.97 Å². The molecular formula is C28H34N2O4S. The summed E-state index contributed by atoms with van der Waals surface area (Å²) in [5, 5.41) is 3.31. The number of rotatable bonds is 9. The van der Waals surface area contributed by atoms with Crippen LogP contribution in [0.25, 0.3) is 0 Å². The fourth-order valence-corrected chi connectivity index (χ4v) is 5.40. The third-order valence-electron chi connectivity index (χ3n) is 5.69. The van der Waals surface area contributed by atoms with Crippen LogP contribution in [-0.4, -0.2) is 38.4 Å². The maximum absolute atomic E-state index is 13.6. The third-order valence-corrected chi connectivity index (χ3v) is 7.50. The Morgan fingerprint density at radius 2 is 1.40 bits per heavy atom. The molecule has 3 aromatic carbocycles. The van der Waals surface area contributed by atoms with Crippen molar-refractivity contribution >= 4 is 16.0 Å². The van der Waals surface area contributed by atoms with Crippen molar-refractivity contribution in [1.82, 2.24) is 9.62 Å². The molecule has 2 atom stereocenters. The molecule has 7 heteroatoms. The molecule has 0 saturated heterocycles. The normalized spacial score (nSPS) is 13.9. The summed E-state index contributed by atoms with van der Waals surface area (Å²) in [6.45, 7) is 5.41. The highest BCUT2D eigenvalue weighted by Gasteiger charge is 2.34. The highest BCUT2D eigenvalue weighted by molar-refractivity contribution is 7.88. The zero-order chi connectivity index (χ0) is 25.6. The number of esters is 1. The van der Waals surface area contributed by atoms with Crippen molar-refractivity contribution in [2.75, 3.05) is 14.1 Å². The molecule has 0 fully saturated rings. The molecule has 6 nitrogen and oxygen atoms in total. The fraction of sp³-hybridized carbons (Fsp3) is 0.321. The van der Waals surface area contributed by atoms with Crippen molar-refractivity contribution in [3.05, 3.63) is 107 Å².